The summed E-state index contributed by atoms with van der Waals surface area (Å²) in [5, 5.41) is 8.98. The molecule has 2 aliphatic rings. The first-order valence-corrected chi connectivity index (χ1v) is 15.3. The molecule has 0 aliphatic carbocycles. The molecule has 1 unspecified atom stereocenters. The number of amides is 3. The van der Waals surface area contributed by atoms with Gasteiger partial charge < -0.3 is 34.9 Å². The highest BCUT2D eigenvalue weighted by Gasteiger charge is 2.30. The summed E-state index contributed by atoms with van der Waals surface area (Å²) in [5.41, 5.74) is 4.17. The molecule has 2 aliphatic heterocycles. The highest BCUT2D eigenvalue weighted by Crippen LogP contribution is 2.30. The lowest BCUT2D eigenvalue weighted by Crippen LogP contribution is -2.43. The van der Waals surface area contributed by atoms with Crippen LogP contribution in [-0.2, 0) is 16.6 Å². The fourth-order valence-corrected chi connectivity index (χ4v) is 5.25. The summed E-state index contributed by atoms with van der Waals surface area (Å²) < 4.78 is 11.8. The molecule has 3 heterocycles. The number of carbonyl (C=O) groups is 3. The fourth-order valence-electron chi connectivity index (χ4n) is 5.25. The van der Waals surface area contributed by atoms with Crippen molar-refractivity contribution >= 4 is 46.7 Å². The van der Waals surface area contributed by atoms with Crippen LogP contribution in [0.15, 0.2) is 59.7 Å². The van der Waals surface area contributed by atoms with Gasteiger partial charge in [-0.05, 0) is 88.1 Å². The number of aromatic nitrogens is 1. The molecule has 3 N–H and O–H groups in total. The quantitative estimate of drug-likeness (QED) is 0.245. The standard InChI is InChI=1S/C20H28N4O3.C14H16N2O2/c1-14(2)21-15-7-9-16(10-8-15)23-20(26)18-12-17(13-24(18)3)22-19(25)6-5-11-27-4;1-18-11-5-6-13-12(8-11)14(17)16-7-3-2-4-10(16)9-15-13/h7-10,12-14,21H,5-6,11H2,1-4H3,(H,22,25)(H,23,26);5-6,8-10H,2-4,7H2,1H3. The van der Waals surface area contributed by atoms with E-state index in [4.69, 9.17) is 9.47 Å². The molecule has 11 nitrogen and oxygen atoms in total. The van der Waals surface area contributed by atoms with Gasteiger partial charge >= 0.3 is 0 Å². The number of fused-ring (bicyclic) bond motifs is 2. The number of piperidine rings is 1. The van der Waals surface area contributed by atoms with E-state index in [0.29, 0.717) is 53.9 Å². The molecular formula is C34H44N6O5. The molecule has 1 atom stereocenters. The van der Waals surface area contributed by atoms with Crippen molar-refractivity contribution in [3.63, 3.8) is 0 Å². The van der Waals surface area contributed by atoms with Gasteiger partial charge in [0.15, 0.2) is 0 Å². The number of benzene rings is 2. The summed E-state index contributed by atoms with van der Waals surface area (Å²) in [6, 6.07) is 15.2. The Bertz CT molecular complexity index is 1500. The lowest BCUT2D eigenvalue weighted by Gasteiger charge is -2.32. The molecule has 0 bridgehead atoms. The molecular weight excluding hydrogens is 572 g/mol. The molecule has 0 radical (unpaired) electrons. The van der Waals surface area contributed by atoms with E-state index in [0.717, 1.165) is 30.8 Å². The molecule has 1 aromatic heterocycles. The lowest BCUT2D eigenvalue weighted by atomic mass is 10.0. The van der Waals surface area contributed by atoms with Gasteiger partial charge in [0.05, 0.1) is 30.1 Å². The van der Waals surface area contributed by atoms with Crippen molar-refractivity contribution < 1.29 is 23.9 Å². The number of aryl methyl sites for hydroxylation is 1. The minimum atomic E-state index is -0.234. The smallest absolute Gasteiger partial charge is 0.272 e. The van der Waals surface area contributed by atoms with Gasteiger partial charge in [-0.3, -0.25) is 19.4 Å². The number of methoxy groups -OCH3 is 2. The largest absolute Gasteiger partial charge is 0.497 e. The molecule has 11 heteroatoms. The Labute approximate surface area is 265 Å². The second kappa shape index (κ2) is 15.9. The third-order valence-corrected chi connectivity index (χ3v) is 7.50. The first-order chi connectivity index (χ1) is 21.7. The maximum Gasteiger partial charge on any atom is 0.272 e. The van der Waals surface area contributed by atoms with Crippen LogP contribution in [-0.4, -0.2) is 72.9 Å². The molecule has 3 aromatic rings. The minimum Gasteiger partial charge on any atom is -0.497 e. The van der Waals surface area contributed by atoms with Crippen LogP contribution in [0.25, 0.3) is 0 Å². The van der Waals surface area contributed by atoms with Gasteiger partial charge in [0.2, 0.25) is 5.91 Å². The monoisotopic (exact) mass is 616 g/mol. The third-order valence-electron chi connectivity index (χ3n) is 7.50. The SMILES string of the molecule is COCCCC(=O)Nc1cc(C(=O)Nc2ccc(NC(C)C)cc2)n(C)c1.COc1ccc2c(c1)C(=O)N1CCCCC1C=N2. The Balaban J connectivity index is 0.000000220. The number of hydrogen-bond donors (Lipinski definition) is 3. The highest BCUT2D eigenvalue weighted by atomic mass is 16.5. The summed E-state index contributed by atoms with van der Waals surface area (Å²) in [4.78, 5) is 43.3. The van der Waals surface area contributed by atoms with E-state index in [1.165, 1.54) is 6.42 Å². The first-order valence-electron chi connectivity index (χ1n) is 15.3. The van der Waals surface area contributed by atoms with Crippen LogP contribution in [0.4, 0.5) is 22.7 Å². The molecule has 5 rings (SSSR count). The van der Waals surface area contributed by atoms with E-state index in [-0.39, 0.29) is 23.8 Å². The van der Waals surface area contributed by atoms with Gasteiger partial charge in [-0.2, -0.15) is 0 Å². The number of nitrogens with zero attached hydrogens (tertiary/aromatic N) is 3. The maximum atomic E-state index is 12.5. The molecule has 0 saturated carbocycles. The van der Waals surface area contributed by atoms with E-state index < -0.39 is 0 Å². The van der Waals surface area contributed by atoms with Crippen LogP contribution in [0.2, 0.25) is 0 Å². The number of ether oxygens (including phenoxy) is 2. The summed E-state index contributed by atoms with van der Waals surface area (Å²) in [5.74, 6) is 0.443. The van der Waals surface area contributed by atoms with Crippen molar-refractivity contribution in [2.75, 3.05) is 43.3 Å². The zero-order valence-electron chi connectivity index (χ0n) is 26.8. The molecule has 2 aromatic carbocycles. The lowest BCUT2D eigenvalue weighted by molar-refractivity contribution is -0.116. The summed E-state index contributed by atoms with van der Waals surface area (Å²) in [6.45, 7) is 5.51. The average molecular weight is 617 g/mol. The van der Waals surface area contributed by atoms with Gasteiger partial charge in [0.25, 0.3) is 11.8 Å². The molecule has 3 amide bonds. The molecule has 240 valence electrons. The van der Waals surface area contributed by atoms with E-state index in [1.54, 1.807) is 44.2 Å². The zero-order valence-corrected chi connectivity index (χ0v) is 26.8. The van der Waals surface area contributed by atoms with E-state index in [2.05, 4.69) is 34.8 Å². The Morgan fingerprint density at radius 3 is 2.47 bits per heavy atom. The van der Waals surface area contributed by atoms with E-state index >= 15 is 0 Å². The number of carbonyl (C=O) groups excluding carboxylic acids is 3. The highest BCUT2D eigenvalue weighted by molar-refractivity contribution is 6.05. The van der Waals surface area contributed by atoms with E-state index in [9.17, 15) is 14.4 Å². The Hall–Kier alpha value is -4.64. The Morgan fingerprint density at radius 2 is 1.76 bits per heavy atom. The topological polar surface area (TPSA) is 126 Å². The van der Waals surface area contributed by atoms with Crippen molar-refractivity contribution in [1.82, 2.24) is 9.47 Å². The first kappa shape index (κ1) is 33.3. The van der Waals surface area contributed by atoms with Crippen LogP contribution >= 0.6 is 0 Å². The third kappa shape index (κ3) is 9.18. The summed E-state index contributed by atoms with van der Waals surface area (Å²) in [6.07, 6.45) is 7.93. The van der Waals surface area contributed by atoms with Gasteiger partial charge in [-0.15, -0.1) is 0 Å². The van der Waals surface area contributed by atoms with Crippen molar-refractivity contribution in [3.8, 4) is 5.75 Å². The van der Waals surface area contributed by atoms with Crippen molar-refractivity contribution in [3.05, 3.63) is 66.0 Å². The van der Waals surface area contributed by atoms with Crippen LogP contribution in [0.5, 0.6) is 5.75 Å². The summed E-state index contributed by atoms with van der Waals surface area (Å²) in [7, 11) is 4.98. The van der Waals surface area contributed by atoms with Crippen LogP contribution < -0.4 is 20.7 Å². The number of hydrogen-bond acceptors (Lipinski definition) is 7. The minimum absolute atomic E-state index is 0.0751. The van der Waals surface area contributed by atoms with Gasteiger partial charge in [0, 0.05) is 63.6 Å². The van der Waals surface area contributed by atoms with Crippen LogP contribution in [0.1, 0.15) is 66.8 Å². The number of aliphatic imine (C=N–C) groups is 1. The molecule has 1 fully saturated rings. The number of nitrogens with one attached hydrogen (secondary N) is 3. The number of anilines is 3. The second-order valence-corrected chi connectivity index (χ2v) is 11.4. The molecule has 1 saturated heterocycles. The van der Waals surface area contributed by atoms with Crippen LogP contribution in [0.3, 0.4) is 0 Å². The second-order valence-electron chi connectivity index (χ2n) is 11.4. The van der Waals surface area contributed by atoms with Crippen molar-refractivity contribution in [2.45, 2.75) is 58.0 Å². The Kier molecular flexibility index (Phi) is 11.7. The van der Waals surface area contributed by atoms with Gasteiger partial charge in [-0.1, -0.05) is 0 Å². The maximum absolute atomic E-state index is 12.5. The van der Waals surface area contributed by atoms with Gasteiger partial charge in [0.1, 0.15) is 11.4 Å². The molecule has 45 heavy (non-hydrogen) atoms. The normalized spacial score (nSPS) is 15.3. The summed E-state index contributed by atoms with van der Waals surface area (Å²) >= 11 is 0. The average Bonchev–Trinajstić information content (AvgIpc) is 3.33. The Morgan fingerprint density at radius 1 is 1.00 bits per heavy atom. The molecule has 0 spiro atoms. The number of rotatable bonds is 10. The fraction of sp³-hybridized carbons (Fsp3) is 0.412. The van der Waals surface area contributed by atoms with Crippen molar-refractivity contribution in [2.24, 2.45) is 12.0 Å². The van der Waals surface area contributed by atoms with Gasteiger partial charge in [-0.25, -0.2) is 0 Å². The predicted molar refractivity (Wildman–Crippen MR) is 178 cm³/mol. The van der Waals surface area contributed by atoms with Crippen molar-refractivity contribution in [1.29, 1.82) is 0 Å². The zero-order chi connectivity index (χ0) is 32.3. The van der Waals surface area contributed by atoms with E-state index in [1.807, 2.05) is 47.5 Å². The van der Waals surface area contributed by atoms with Crippen LogP contribution in [0, 0.1) is 0 Å². The predicted octanol–water partition coefficient (Wildman–Crippen LogP) is 5.87.